The number of carboxylic acid groups (broad SMARTS) is 2. The third-order valence-corrected chi connectivity index (χ3v) is 4.96. The zero-order valence-electron chi connectivity index (χ0n) is 19.0. The van der Waals surface area contributed by atoms with E-state index in [9.17, 15) is 19.8 Å². The van der Waals surface area contributed by atoms with Crippen LogP contribution in [0.1, 0.15) is 68.2 Å². The number of carbonyl (C=O) groups is 2. The molecule has 0 amide bonds. The van der Waals surface area contributed by atoms with Crippen LogP contribution < -0.4 is 0 Å². The first-order chi connectivity index (χ1) is 14.4. The highest BCUT2D eigenvalue weighted by atomic mass is 16.5. The molecule has 0 saturated heterocycles. The Morgan fingerprint density at radius 1 is 0.742 bits per heavy atom. The van der Waals surface area contributed by atoms with Gasteiger partial charge in [0.05, 0.1) is 11.1 Å². The van der Waals surface area contributed by atoms with Crippen LogP contribution in [0.5, 0.6) is 0 Å². The second-order valence-electron chi connectivity index (χ2n) is 8.17. The van der Waals surface area contributed by atoms with Crippen LogP contribution in [0.25, 0.3) is 0 Å². The summed E-state index contributed by atoms with van der Waals surface area (Å²) >= 11 is 0. The summed E-state index contributed by atoms with van der Waals surface area (Å²) < 4.78 is 0. The zero-order chi connectivity index (χ0) is 24.0. The van der Waals surface area contributed by atoms with Crippen LogP contribution in [0.15, 0.2) is 60.7 Å². The van der Waals surface area contributed by atoms with Gasteiger partial charge in [0.1, 0.15) is 0 Å². The Balaban J connectivity index is 0.000000445. The lowest BCUT2D eigenvalue weighted by Crippen LogP contribution is -2.36. The fourth-order valence-corrected chi connectivity index (χ4v) is 2.55. The third-order valence-electron chi connectivity index (χ3n) is 4.96. The van der Waals surface area contributed by atoms with Crippen molar-refractivity contribution in [3.05, 3.63) is 71.8 Å². The van der Waals surface area contributed by atoms with Crippen molar-refractivity contribution in [2.24, 2.45) is 17.8 Å². The van der Waals surface area contributed by atoms with Gasteiger partial charge in [0, 0.05) is 5.92 Å². The molecule has 0 aliphatic rings. The minimum Gasteiger partial charge on any atom is -0.478 e. The quantitative estimate of drug-likeness (QED) is 0.449. The van der Waals surface area contributed by atoms with Gasteiger partial charge in [-0.15, -0.1) is 0 Å². The minimum absolute atomic E-state index is 0.0637. The summed E-state index contributed by atoms with van der Waals surface area (Å²) in [6.45, 7) is 9.81. The number of aromatic carboxylic acids is 2. The standard InChI is InChI=1S/C11H24O2.2C7H6O2/c1-8(2)6-7-9(3)10(4)11(5,12)13;2*8-7(9)6-4-2-1-3-5-6/h8-10,12-13H,6-7H2,1-5H3;2*1-5H,(H,8,9). The molecule has 2 aromatic carbocycles. The Labute approximate surface area is 185 Å². The molecule has 0 bridgehead atoms. The highest BCUT2D eigenvalue weighted by Crippen LogP contribution is 2.26. The lowest BCUT2D eigenvalue weighted by Gasteiger charge is -2.30. The molecule has 0 fully saturated rings. The summed E-state index contributed by atoms with van der Waals surface area (Å²) in [4.78, 5) is 20.4. The predicted octanol–water partition coefficient (Wildman–Crippen LogP) is 5.17. The van der Waals surface area contributed by atoms with Crippen molar-refractivity contribution >= 4 is 11.9 Å². The molecule has 6 heteroatoms. The molecule has 0 aromatic heterocycles. The van der Waals surface area contributed by atoms with Gasteiger partial charge in [-0.1, -0.05) is 76.9 Å². The number of carboxylic acids is 2. The summed E-state index contributed by atoms with van der Waals surface area (Å²) in [5.41, 5.74) is 0.662. The second kappa shape index (κ2) is 14.3. The van der Waals surface area contributed by atoms with Crippen LogP contribution in [0.4, 0.5) is 0 Å². The van der Waals surface area contributed by atoms with Crippen LogP contribution in [0.2, 0.25) is 0 Å². The molecule has 2 rings (SSSR count). The number of rotatable bonds is 7. The highest BCUT2D eigenvalue weighted by molar-refractivity contribution is 5.87. The first-order valence-corrected chi connectivity index (χ1v) is 10.4. The molecule has 6 nitrogen and oxygen atoms in total. The molecule has 4 N–H and O–H groups in total. The minimum atomic E-state index is -1.53. The Kier molecular flexibility index (Phi) is 13.1. The molecule has 0 spiro atoms. The van der Waals surface area contributed by atoms with E-state index in [4.69, 9.17) is 10.2 Å². The van der Waals surface area contributed by atoms with E-state index in [0.717, 1.165) is 12.8 Å². The van der Waals surface area contributed by atoms with Crippen LogP contribution in [0.3, 0.4) is 0 Å². The summed E-state index contributed by atoms with van der Waals surface area (Å²) in [5, 5.41) is 35.5. The van der Waals surface area contributed by atoms with Crippen LogP contribution in [0, 0.1) is 17.8 Å². The van der Waals surface area contributed by atoms with E-state index in [1.54, 1.807) is 60.7 Å². The maximum atomic E-state index is 10.2. The summed E-state index contributed by atoms with van der Waals surface area (Å²) in [7, 11) is 0. The van der Waals surface area contributed by atoms with Gasteiger partial charge in [0.2, 0.25) is 0 Å². The van der Waals surface area contributed by atoms with E-state index in [2.05, 4.69) is 20.8 Å². The smallest absolute Gasteiger partial charge is 0.335 e. The highest BCUT2D eigenvalue weighted by Gasteiger charge is 2.29. The monoisotopic (exact) mass is 432 g/mol. The fourth-order valence-electron chi connectivity index (χ4n) is 2.55. The van der Waals surface area contributed by atoms with E-state index in [-0.39, 0.29) is 5.92 Å². The topological polar surface area (TPSA) is 115 Å². The van der Waals surface area contributed by atoms with Crippen molar-refractivity contribution in [1.29, 1.82) is 0 Å². The molecular weight excluding hydrogens is 396 g/mol. The Morgan fingerprint density at radius 2 is 1.10 bits per heavy atom. The SMILES string of the molecule is CC(C)CCC(C)C(C)C(C)(O)O.O=C(O)c1ccccc1.O=C(O)c1ccccc1. The maximum Gasteiger partial charge on any atom is 0.335 e. The largest absolute Gasteiger partial charge is 0.478 e. The van der Waals surface area contributed by atoms with E-state index in [1.165, 1.54) is 6.92 Å². The first kappa shape index (κ1) is 28.3. The van der Waals surface area contributed by atoms with Gasteiger partial charge in [-0.25, -0.2) is 9.59 Å². The van der Waals surface area contributed by atoms with E-state index in [0.29, 0.717) is 23.0 Å². The third kappa shape index (κ3) is 13.3. The van der Waals surface area contributed by atoms with Crippen molar-refractivity contribution < 1.29 is 30.0 Å². The zero-order valence-corrected chi connectivity index (χ0v) is 19.0. The van der Waals surface area contributed by atoms with Crippen molar-refractivity contribution in [2.75, 3.05) is 0 Å². The molecule has 0 saturated carbocycles. The predicted molar refractivity (Wildman–Crippen MR) is 122 cm³/mol. The summed E-state index contributed by atoms with van der Waals surface area (Å²) in [6, 6.07) is 16.6. The van der Waals surface area contributed by atoms with Crippen molar-refractivity contribution in [3.8, 4) is 0 Å². The molecule has 2 aromatic rings. The lowest BCUT2D eigenvalue weighted by molar-refractivity contribution is -0.192. The van der Waals surface area contributed by atoms with E-state index in [1.807, 2.05) is 6.92 Å². The summed E-state index contributed by atoms with van der Waals surface area (Å²) in [5.74, 6) is -2.30. The molecule has 0 radical (unpaired) electrons. The Bertz CT molecular complexity index is 701. The van der Waals surface area contributed by atoms with Gasteiger partial charge in [-0.2, -0.15) is 0 Å². The Morgan fingerprint density at radius 3 is 1.32 bits per heavy atom. The maximum absolute atomic E-state index is 10.2. The van der Waals surface area contributed by atoms with Crippen molar-refractivity contribution in [2.45, 2.75) is 53.2 Å². The van der Waals surface area contributed by atoms with Crippen LogP contribution >= 0.6 is 0 Å². The molecule has 0 aliphatic carbocycles. The average Bonchev–Trinajstić information content (AvgIpc) is 2.73. The van der Waals surface area contributed by atoms with Gasteiger partial charge in [-0.05, 0) is 43.0 Å². The van der Waals surface area contributed by atoms with Gasteiger partial charge < -0.3 is 20.4 Å². The summed E-state index contributed by atoms with van der Waals surface area (Å²) in [6.07, 6.45) is 2.22. The number of benzene rings is 2. The van der Waals surface area contributed by atoms with Gasteiger partial charge >= 0.3 is 11.9 Å². The Hall–Kier alpha value is -2.70. The van der Waals surface area contributed by atoms with Crippen LogP contribution in [-0.2, 0) is 0 Å². The molecular formula is C25H36O6. The second-order valence-corrected chi connectivity index (χ2v) is 8.17. The van der Waals surface area contributed by atoms with Gasteiger partial charge in [0.15, 0.2) is 5.79 Å². The van der Waals surface area contributed by atoms with Crippen molar-refractivity contribution in [1.82, 2.24) is 0 Å². The van der Waals surface area contributed by atoms with Crippen LogP contribution in [-0.4, -0.2) is 38.2 Å². The molecule has 0 heterocycles. The van der Waals surface area contributed by atoms with Gasteiger partial charge in [0.25, 0.3) is 0 Å². The lowest BCUT2D eigenvalue weighted by atomic mass is 9.84. The van der Waals surface area contributed by atoms with E-state index < -0.39 is 17.7 Å². The molecule has 2 atom stereocenters. The molecule has 0 aliphatic heterocycles. The number of aliphatic hydroxyl groups is 2. The molecule has 172 valence electrons. The first-order valence-electron chi connectivity index (χ1n) is 10.4. The van der Waals surface area contributed by atoms with E-state index >= 15 is 0 Å². The van der Waals surface area contributed by atoms with Gasteiger partial charge in [-0.3, -0.25) is 0 Å². The number of hydrogen-bond donors (Lipinski definition) is 4. The normalized spacial score (nSPS) is 12.5. The average molecular weight is 433 g/mol. The number of hydrogen-bond acceptors (Lipinski definition) is 4. The van der Waals surface area contributed by atoms with Crippen molar-refractivity contribution in [3.63, 3.8) is 0 Å². The fraction of sp³-hybridized carbons (Fsp3) is 0.440. The molecule has 2 unspecified atom stereocenters. The molecule has 31 heavy (non-hydrogen) atoms.